The third kappa shape index (κ3) is 5.37. The van der Waals surface area contributed by atoms with E-state index < -0.39 is 0 Å². The molecule has 0 unspecified atom stereocenters. The van der Waals surface area contributed by atoms with Gasteiger partial charge < -0.3 is 0 Å². The molecule has 8 aromatic rings. The Morgan fingerprint density at radius 1 is 0.633 bits per heavy atom. The van der Waals surface area contributed by atoms with Crippen LogP contribution in [-0.4, -0.2) is 18.7 Å². The van der Waals surface area contributed by atoms with Gasteiger partial charge in [-0.1, -0.05) is 18.2 Å². The van der Waals surface area contributed by atoms with Gasteiger partial charge in [0.25, 0.3) is 0 Å². The number of hydrogen-bond donors (Lipinski definition) is 0. The molecule has 5 nitrogen and oxygen atoms in total. The summed E-state index contributed by atoms with van der Waals surface area (Å²) in [7, 11) is 0. The summed E-state index contributed by atoms with van der Waals surface area (Å²) in [6, 6.07) is 40.3. The maximum absolute atomic E-state index is 8.25. The molecule has 0 spiro atoms. The van der Waals surface area contributed by atoms with Crippen LogP contribution in [0.25, 0.3) is 50.0 Å². The topological polar surface area (TPSA) is 36.9 Å². The number of aromatic nitrogens is 4. The van der Waals surface area contributed by atoms with Crippen LogP contribution in [0.5, 0.6) is 11.5 Å². The Kier molecular flexibility index (Phi) is 7.66. The number of rotatable bonds is 7. The molecule has 0 bridgehead atoms. The Morgan fingerprint density at radius 3 is 2.02 bits per heavy atom. The molecule has 0 radical (unpaired) electrons. The molecule has 0 N–H and O–H groups in total. The zero-order valence-electron chi connectivity index (χ0n) is 29.2. The third-order valence-electron chi connectivity index (χ3n) is 9.26. The predicted octanol–water partition coefficient (Wildman–Crippen LogP) is 11.3. The molecule has 0 atom stereocenters. The van der Waals surface area contributed by atoms with Crippen molar-refractivity contribution >= 4 is 32.8 Å². The van der Waals surface area contributed by atoms with E-state index in [9.17, 15) is 0 Å². The van der Waals surface area contributed by atoms with E-state index in [0.29, 0.717) is 23.7 Å². The van der Waals surface area contributed by atoms with Crippen molar-refractivity contribution < 1.29 is 25.5 Å². The van der Waals surface area contributed by atoms with Crippen LogP contribution in [0.15, 0.2) is 128 Å². The standard InChI is InChI=1S/C43H38N4O.Pt/c1-28(2)34-14-12-15-35(29(3)4)43(34)46-27-45(39-17-8-9-18-40(39)46)31-23-30(5)24-33(25-31)48-32-20-21-37-36-13-6-7-16-38(36)47(41(37)26-32)42-19-10-11-22-44-42;/h6-26,28-29H,1-5H3;/i10D;. The fourth-order valence-electron chi connectivity index (χ4n) is 7.09. The molecule has 0 aliphatic carbocycles. The zero-order valence-corrected chi connectivity index (χ0v) is 30.5. The number of hydrogen-bond acceptors (Lipinski definition) is 2. The average Bonchev–Trinajstić information content (AvgIpc) is 3.58. The van der Waals surface area contributed by atoms with E-state index in [2.05, 4.69) is 164 Å². The molecule has 0 amide bonds. The summed E-state index contributed by atoms with van der Waals surface area (Å²) < 4.78 is 22.9. The number of ether oxygens (including phenoxy) is 1. The second-order valence-corrected chi connectivity index (χ2v) is 14.3. The number of para-hydroxylation sites is 4. The van der Waals surface area contributed by atoms with Gasteiger partial charge in [0.1, 0.15) is 0 Å². The van der Waals surface area contributed by atoms with Crippen molar-refractivity contribution in [3.05, 3.63) is 148 Å². The van der Waals surface area contributed by atoms with Crippen molar-refractivity contribution in [3.63, 3.8) is 0 Å². The van der Waals surface area contributed by atoms with E-state index in [0.717, 1.165) is 53.9 Å². The van der Waals surface area contributed by atoms with Crippen molar-refractivity contribution in [1.29, 1.82) is 0 Å². The molecule has 246 valence electrons. The third-order valence-corrected chi connectivity index (χ3v) is 10.3. The quantitative estimate of drug-likeness (QED) is 0.161. The van der Waals surface area contributed by atoms with E-state index in [4.69, 9.17) is 6.11 Å². The van der Waals surface area contributed by atoms with Gasteiger partial charge in [-0.25, -0.2) is 0 Å². The van der Waals surface area contributed by atoms with Gasteiger partial charge in [-0.2, -0.15) is 0 Å². The zero-order chi connectivity index (χ0) is 34.7. The fraction of sp³-hybridized carbons (Fsp3) is 0.163. The van der Waals surface area contributed by atoms with Gasteiger partial charge in [0.15, 0.2) is 0 Å². The van der Waals surface area contributed by atoms with Crippen molar-refractivity contribution in [2.75, 3.05) is 0 Å². The molecule has 8 rings (SSSR count). The molecule has 49 heavy (non-hydrogen) atoms. The molecule has 0 aliphatic heterocycles. The summed E-state index contributed by atoms with van der Waals surface area (Å²) in [5.41, 5.74) is 10.4. The van der Waals surface area contributed by atoms with E-state index in [-0.39, 0.29) is 0 Å². The van der Waals surface area contributed by atoms with Crippen LogP contribution in [0.2, 0.25) is 0 Å². The number of fused-ring (bicyclic) bond motifs is 4. The van der Waals surface area contributed by atoms with Crippen molar-refractivity contribution in [2.24, 2.45) is 0 Å². The molecule has 0 aliphatic rings. The first kappa shape index (κ1) is 30.1. The fourth-order valence-corrected chi connectivity index (χ4v) is 8.19. The van der Waals surface area contributed by atoms with Crippen molar-refractivity contribution in [3.8, 4) is 28.7 Å². The normalized spacial score (nSPS) is 12.1. The van der Waals surface area contributed by atoms with Crippen molar-refractivity contribution in [1.82, 2.24) is 18.7 Å². The van der Waals surface area contributed by atoms with Crippen LogP contribution in [0.3, 0.4) is 0 Å². The number of imidazole rings is 1. The molecule has 6 heteroatoms. The summed E-state index contributed by atoms with van der Waals surface area (Å²) in [5.74, 6) is 2.95. The Morgan fingerprint density at radius 2 is 1.31 bits per heavy atom. The number of pyridine rings is 1. The molecular weight excluding hydrogens is 784 g/mol. The van der Waals surface area contributed by atoms with Gasteiger partial charge in [0.2, 0.25) is 0 Å². The summed E-state index contributed by atoms with van der Waals surface area (Å²) in [5, 5.41) is 2.24. The maximum atomic E-state index is 8.25. The van der Waals surface area contributed by atoms with Crippen LogP contribution in [0, 0.1) is 10.7 Å². The monoisotopic (exact) mass is 822 g/mol. The Labute approximate surface area is 298 Å². The summed E-state index contributed by atoms with van der Waals surface area (Å²) in [6.45, 7) is 11.2. The summed E-state index contributed by atoms with van der Waals surface area (Å²) in [4.78, 5) is 4.64. The van der Waals surface area contributed by atoms with Crippen LogP contribution in [0.4, 0.5) is 0 Å². The molecule has 5 aromatic carbocycles. The SMILES string of the molecule is [2H]c1ccnc(-n2c3ccccc3c3ccc(Oc4cc(C)cc(-n5[c](=[Pt])n(-c6c(C(C)C)cccc6C(C)C)c6ccccc65)c4)cc32)c1. The van der Waals surface area contributed by atoms with Gasteiger partial charge in [0.05, 0.1) is 1.37 Å². The molecule has 0 saturated heterocycles. The van der Waals surface area contributed by atoms with E-state index in [1.54, 1.807) is 18.3 Å². The van der Waals surface area contributed by atoms with E-state index >= 15 is 0 Å². The molecular formula is C43H38N4OPt. The second kappa shape index (κ2) is 12.5. The average molecular weight is 823 g/mol. The Bertz CT molecular complexity index is 2620. The van der Waals surface area contributed by atoms with Crippen LogP contribution in [0.1, 0.15) is 57.6 Å². The Balaban J connectivity index is 1.28. The first-order valence-electron chi connectivity index (χ1n) is 17.3. The van der Waals surface area contributed by atoms with E-state index in [1.807, 2.05) is 12.1 Å². The van der Waals surface area contributed by atoms with E-state index in [1.165, 1.54) is 22.3 Å². The van der Waals surface area contributed by atoms with Gasteiger partial charge in [-0.3, -0.25) is 0 Å². The first-order chi connectivity index (χ1) is 24.2. The summed E-state index contributed by atoms with van der Waals surface area (Å²) in [6.07, 6.45) is 1.69. The second-order valence-electron chi connectivity index (χ2n) is 13.2. The Hall–Kier alpha value is -4.99. The molecule has 3 aromatic heterocycles. The van der Waals surface area contributed by atoms with Gasteiger partial charge in [-0.15, -0.1) is 0 Å². The van der Waals surface area contributed by atoms with Gasteiger partial charge >= 0.3 is 268 Å². The van der Waals surface area contributed by atoms with Crippen LogP contribution < -0.4 is 4.74 Å². The van der Waals surface area contributed by atoms with Gasteiger partial charge in [0, 0.05) is 6.20 Å². The van der Waals surface area contributed by atoms with Crippen LogP contribution in [-0.2, 0) is 19.4 Å². The minimum absolute atomic E-state index is 0.371. The minimum atomic E-state index is 0.371. The molecule has 3 heterocycles. The predicted molar refractivity (Wildman–Crippen MR) is 197 cm³/mol. The summed E-state index contributed by atoms with van der Waals surface area (Å²) >= 11 is 2.50. The van der Waals surface area contributed by atoms with Crippen LogP contribution >= 0.6 is 0 Å². The number of aryl methyl sites for hydroxylation is 1. The van der Waals surface area contributed by atoms with Gasteiger partial charge in [-0.05, 0) is 6.07 Å². The van der Waals surface area contributed by atoms with Crippen molar-refractivity contribution in [2.45, 2.75) is 46.5 Å². The first-order valence-corrected chi connectivity index (χ1v) is 17.9. The number of nitrogens with zero attached hydrogens (tertiary/aromatic N) is 4. The molecule has 0 saturated carbocycles. The number of benzene rings is 5. The molecule has 0 fully saturated rings.